The summed E-state index contributed by atoms with van der Waals surface area (Å²) >= 11 is 0. The quantitative estimate of drug-likeness (QED) is 0.0912. The molecule has 0 saturated heterocycles. The van der Waals surface area contributed by atoms with E-state index in [1.54, 1.807) is 0 Å². The van der Waals surface area contributed by atoms with Gasteiger partial charge in [0.15, 0.2) is 0 Å². The van der Waals surface area contributed by atoms with Gasteiger partial charge in [-0.1, -0.05) is 71.1 Å². The molecule has 0 rings (SSSR count). The summed E-state index contributed by atoms with van der Waals surface area (Å²) in [5.41, 5.74) is 0. The third kappa shape index (κ3) is 45.5. The maximum Gasteiger partial charge on any atom is 0.0701 e. The predicted molar refractivity (Wildman–Crippen MR) is 183 cm³/mol. The molecule has 0 amide bonds. The van der Waals surface area contributed by atoms with Gasteiger partial charge in [-0.05, 0) is 6.42 Å². The van der Waals surface area contributed by atoms with Crippen molar-refractivity contribution in [2.75, 3.05) is 152 Å². The minimum Gasteiger partial charge on any atom is -0.394 e. The summed E-state index contributed by atoms with van der Waals surface area (Å²) in [4.78, 5) is 0. The molecular weight excluding hydrogens is 612 g/mol. The molecule has 0 aromatic heterocycles. The summed E-state index contributed by atoms with van der Waals surface area (Å²) in [6.45, 7) is 14.1. The van der Waals surface area contributed by atoms with E-state index in [1.165, 1.54) is 64.2 Å². The van der Waals surface area contributed by atoms with Crippen LogP contribution in [0.1, 0.15) is 77.6 Å². The average molecular weight is 685 g/mol. The van der Waals surface area contributed by atoms with Gasteiger partial charge < -0.3 is 57.2 Å². The molecule has 0 heterocycles. The maximum absolute atomic E-state index is 8.58. The molecule has 0 aliphatic carbocycles. The second-order valence-corrected chi connectivity index (χ2v) is 11.0. The highest BCUT2D eigenvalue weighted by molar-refractivity contribution is 4.48. The first-order valence-electron chi connectivity index (χ1n) is 18.4. The molecule has 0 radical (unpaired) electrons. The molecule has 0 aromatic rings. The Kier molecular flexibility index (Phi) is 45.1. The van der Waals surface area contributed by atoms with Crippen molar-refractivity contribution in [3.8, 4) is 0 Å². The zero-order chi connectivity index (χ0) is 33.8. The van der Waals surface area contributed by atoms with Crippen LogP contribution >= 0.6 is 0 Å². The van der Waals surface area contributed by atoms with Crippen molar-refractivity contribution >= 4 is 0 Å². The second kappa shape index (κ2) is 45.5. The van der Waals surface area contributed by atoms with Gasteiger partial charge in [-0.15, -0.1) is 0 Å². The zero-order valence-corrected chi connectivity index (χ0v) is 30.0. The SMILES string of the molecule is CCCCCCCCCCCCCOCCOCCOCCOCCOCCOCCOCCOCCOCCOCCOCCO. The summed E-state index contributed by atoms with van der Waals surface area (Å²) in [6, 6.07) is 0. The molecule has 0 atom stereocenters. The molecule has 47 heavy (non-hydrogen) atoms. The van der Waals surface area contributed by atoms with Crippen LogP contribution in [0.3, 0.4) is 0 Å². The van der Waals surface area contributed by atoms with Gasteiger partial charge in [0.05, 0.1) is 145 Å². The molecule has 0 unspecified atom stereocenters. The van der Waals surface area contributed by atoms with E-state index >= 15 is 0 Å². The van der Waals surface area contributed by atoms with Gasteiger partial charge in [0.1, 0.15) is 0 Å². The first-order valence-corrected chi connectivity index (χ1v) is 18.4. The molecular formula is C35H72O12. The lowest BCUT2D eigenvalue weighted by Gasteiger charge is -2.09. The minimum absolute atomic E-state index is 0.0285. The van der Waals surface area contributed by atoms with Gasteiger partial charge in [0.2, 0.25) is 0 Å². The smallest absolute Gasteiger partial charge is 0.0701 e. The van der Waals surface area contributed by atoms with E-state index in [9.17, 15) is 0 Å². The fourth-order valence-electron chi connectivity index (χ4n) is 4.23. The number of rotatable bonds is 44. The number of hydrogen-bond donors (Lipinski definition) is 1. The monoisotopic (exact) mass is 685 g/mol. The van der Waals surface area contributed by atoms with E-state index in [2.05, 4.69) is 6.92 Å². The lowest BCUT2D eigenvalue weighted by atomic mass is 10.1. The van der Waals surface area contributed by atoms with E-state index in [0.29, 0.717) is 139 Å². The van der Waals surface area contributed by atoms with Crippen molar-refractivity contribution in [2.24, 2.45) is 0 Å². The third-order valence-corrected chi connectivity index (χ3v) is 6.85. The van der Waals surface area contributed by atoms with E-state index < -0.39 is 0 Å². The number of unbranched alkanes of at least 4 members (excludes halogenated alkanes) is 10. The van der Waals surface area contributed by atoms with Gasteiger partial charge in [-0.25, -0.2) is 0 Å². The fraction of sp³-hybridized carbons (Fsp3) is 1.00. The molecule has 12 heteroatoms. The molecule has 0 bridgehead atoms. The standard InChI is InChI=1S/C35H72O12/c1-2-3-4-5-6-7-8-9-10-11-12-14-37-16-18-39-20-22-41-24-26-43-28-30-45-32-34-47-35-33-46-31-29-44-27-25-42-23-21-40-19-17-38-15-13-36/h36H,2-35H2,1H3. The van der Waals surface area contributed by atoms with Gasteiger partial charge >= 0.3 is 0 Å². The Morgan fingerprint density at radius 2 is 0.426 bits per heavy atom. The Morgan fingerprint density at radius 3 is 0.660 bits per heavy atom. The van der Waals surface area contributed by atoms with Crippen LogP contribution in [0.15, 0.2) is 0 Å². The van der Waals surface area contributed by atoms with Gasteiger partial charge in [-0.3, -0.25) is 0 Å². The lowest BCUT2D eigenvalue weighted by Crippen LogP contribution is -2.15. The van der Waals surface area contributed by atoms with Crippen LogP contribution in [0.5, 0.6) is 0 Å². The van der Waals surface area contributed by atoms with Crippen molar-refractivity contribution in [1.29, 1.82) is 0 Å². The van der Waals surface area contributed by atoms with E-state index in [-0.39, 0.29) is 6.61 Å². The Morgan fingerprint density at radius 1 is 0.234 bits per heavy atom. The second-order valence-electron chi connectivity index (χ2n) is 11.0. The van der Waals surface area contributed by atoms with Gasteiger partial charge in [0, 0.05) is 6.61 Å². The predicted octanol–water partition coefficient (Wildman–Crippen LogP) is 4.47. The van der Waals surface area contributed by atoms with Gasteiger partial charge in [0.25, 0.3) is 0 Å². The highest BCUT2D eigenvalue weighted by atomic mass is 16.6. The number of ether oxygens (including phenoxy) is 11. The maximum atomic E-state index is 8.58. The fourth-order valence-corrected chi connectivity index (χ4v) is 4.23. The molecule has 0 spiro atoms. The summed E-state index contributed by atoms with van der Waals surface area (Å²) in [5.74, 6) is 0. The normalized spacial score (nSPS) is 11.6. The van der Waals surface area contributed by atoms with Crippen molar-refractivity contribution in [1.82, 2.24) is 0 Å². The average Bonchev–Trinajstić information content (AvgIpc) is 3.08. The van der Waals surface area contributed by atoms with E-state index in [1.807, 2.05) is 0 Å². The molecule has 0 aromatic carbocycles. The van der Waals surface area contributed by atoms with Crippen LogP contribution < -0.4 is 0 Å². The molecule has 12 nitrogen and oxygen atoms in total. The van der Waals surface area contributed by atoms with Crippen molar-refractivity contribution < 1.29 is 57.2 Å². The van der Waals surface area contributed by atoms with Crippen molar-refractivity contribution in [3.63, 3.8) is 0 Å². The largest absolute Gasteiger partial charge is 0.394 e. The first-order chi connectivity index (χ1) is 23.4. The van der Waals surface area contributed by atoms with Crippen LogP contribution in [0.25, 0.3) is 0 Å². The summed E-state index contributed by atoms with van der Waals surface area (Å²) < 4.78 is 60.0. The summed E-state index contributed by atoms with van der Waals surface area (Å²) in [7, 11) is 0. The Labute approximate surface area is 286 Å². The van der Waals surface area contributed by atoms with Crippen LogP contribution in [0.2, 0.25) is 0 Å². The van der Waals surface area contributed by atoms with Crippen LogP contribution in [0, 0.1) is 0 Å². The van der Waals surface area contributed by atoms with Crippen LogP contribution in [-0.2, 0) is 52.1 Å². The number of aliphatic hydroxyl groups is 1. The van der Waals surface area contributed by atoms with E-state index in [0.717, 1.165) is 13.0 Å². The van der Waals surface area contributed by atoms with Crippen LogP contribution in [0.4, 0.5) is 0 Å². The molecule has 0 saturated carbocycles. The Hall–Kier alpha value is -0.480. The highest BCUT2D eigenvalue weighted by Gasteiger charge is 1.97. The lowest BCUT2D eigenvalue weighted by molar-refractivity contribution is -0.0278. The zero-order valence-electron chi connectivity index (χ0n) is 30.0. The topological polar surface area (TPSA) is 122 Å². The highest BCUT2D eigenvalue weighted by Crippen LogP contribution is 2.11. The van der Waals surface area contributed by atoms with Crippen molar-refractivity contribution in [3.05, 3.63) is 0 Å². The minimum atomic E-state index is 0.0285. The number of hydrogen-bond acceptors (Lipinski definition) is 12. The van der Waals surface area contributed by atoms with E-state index in [4.69, 9.17) is 57.2 Å². The van der Waals surface area contributed by atoms with Crippen molar-refractivity contribution in [2.45, 2.75) is 77.6 Å². The van der Waals surface area contributed by atoms with Crippen LogP contribution in [-0.4, -0.2) is 157 Å². The third-order valence-electron chi connectivity index (χ3n) is 6.85. The molecule has 0 fully saturated rings. The van der Waals surface area contributed by atoms with Gasteiger partial charge in [-0.2, -0.15) is 0 Å². The Bertz CT molecular complexity index is 489. The Balaban J connectivity index is 3.03. The molecule has 284 valence electrons. The summed E-state index contributed by atoms with van der Waals surface area (Å²) in [5, 5.41) is 8.58. The first kappa shape index (κ1) is 46.5. The summed E-state index contributed by atoms with van der Waals surface area (Å²) in [6.07, 6.45) is 14.9. The molecule has 0 aliphatic heterocycles. The molecule has 0 aliphatic rings. The molecule has 1 N–H and O–H groups in total. The number of aliphatic hydroxyl groups excluding tert-OH is 1.